The van der Waals surface area contributed by atoms with Gasteiger partial charge in [0, 0.05) is 32.4 Å². The summed E-state index contributed by atoms with van der Waals surface area (Å²) in [6.07, 6.45) is 2.74. The molecule has 2 amide bonds. The number of hydrogen-bond donors (Lipinski definition) is 2. The summed E-state index contributed by atoms with van der Waals surface area (Å²) in [4.78, 5) is 26.3. The van der Waals surface area contributed by atoms with E-state index < -0.39 is 6.10 Å². The first-order valence-electron chi connectivity index (χ1n) is 8.60. The molecule has 2 aliphatic heterocycles. The highest BCUT2D eigenvalue weighted by Gasteiger charge is 2.26. The number of hydrogen-bond acceptors (Lipinski definition) is 6. The van der Waals surface area contributed by atoms with Crippen molar-refractivity contribution in [3.8, 4) is 0 Å². The van der Waals surface area contributed by atoms with Gasteiger partial charge in [0.1, 0.15) is 12.6 Å². The van der Waals surface area contributed by atoms with E-state index in [1.54, 1.807) is 11.1 Å². The average molecular weight is 351 g/mol. The summed E-state index contributed by atoms with van der Waals surface area (Å²) in [5.74, 6) is -0.225. The first-order valence-corrected chi connectivity index (χ1v) is 8.60. The lowest BCUT2D eigenvalue weighted by atomic mass is 10.2. The number of carbonyl (C=O) groups excluding carboxylic acids is 2. The van der Waals surface area contributed by atoms with Crippen molar-refractivity contribution >= 4 is 17.5 Å². The summed E-state index contributed by atoms with van der Waals surface area (Å²) in [5, 5.41) is 10.0. The van der Waals surface area contributed by atoms with Crippen LogP contribution in [0.1, 0.15) is 13.8 Å². The number of morpholine rings is 2. The van der Waals surface area contributed by atoms with Crippen LogP contribution in [0.15, 0.2) is 12.4 Å². The van der Waals surface area contributed by atoms with Gasteiger partial charge in [-0.3, -0.25) is 14.3 Å². The molecular weight excluding hydrogens is 326 g/mol. The van der Waals surface area contributed by atoms with Gasteiger partial charge in [-0.15, -0.1) is 0 Å². The summed E-state index contributed by atoms with van der Waals surface area (Å²) in [6.45, 7) is 6.98. The van der Waals surface area contributed by atoms with Crippen LogP contribution in [0.25, 0.3) is 0 Å². The lowest BCUT2D eigenvalue weighted by Crippen LogP contribution is -2.49. The number of amides is 2. The van der Waals surface area contributed by atoms with Crippen LogP contribution >= 0.6 is 0 Å². The first-order chi connectivity index (χ1) is 12.0. The second-order valence-corrected chi connectivity index (χ2v) is 6.54. The molecule has 9 nitrogen and oxygen atoms in total. The minimum Gasteiger partial charge on any atom is -0.372 e. The lowest BCUT2D eigenvalue weighted by molar-refractivity contribution is -0.144. The lowest BCUT2D eigenvalue weighted by Gasteiger charge is -2.35. The van der Waals surface area contributed by atoms with Crippen molar-refractivity contribution in [1.29, 1.82) is 0 Å². The Morgan fingerprint density at radius 2 is 2.12 bits per heavy atom. The second-order valence-electron chi connectivity index (χ2n) is 6.54. The van der Waals surface area contributed by atoms with Crippen LogP contribution in [0.4, 0.5) is 5.69 Å². The molecule has 2 fully saturated rings. The van der Waals surface area contributed by atoms with Gasteiger partial charge in [-0.05, 0) is 13.8 Å². The van der Waals surface area contributed by atoms with Crippen molar-refractivity contribution in [2.75, 3.05) is 38.1 Å². The van der Waals surface area contributed by atoms with E-state index in [1.807, 2.05) is 13.8 Å². The molecule has 2 saturated heterocycles. The van der Waals surface area contributed by atoms with Crippen LogP contribution < -0.4 is 10.6 Å². The van der Waals surface area contributed by atoms with Gasteiger partial charge in [0.15, 0.2) is 0 Å². The molecule has 138 valence electrons. The zero-order valence-corrected chi connectivity index (χ0v) is 14.6. The van der Waals surface area contributed by atoms with Gasteiger partial charge in [0.2, 0.25) is 5.91 Å². The summed E-state index contributed by atoms with van der Waals surface area (Å²) < 4.78 is 12.6. The maximum atomic E-state index is 12.4. The maximum Gasteiger partial charge on any atom is 0.254 e. The first kappa shape index (κ1) is 17.8. The fourth-order valence-electron chi connectivity index (χ4n) is 3.09. The van der Waals surface area contributed by atoms with Crippen LogP contribution in [0.2, 0.25) is 0 Å². The van der Waals surface area contributed by atoms with Crippen molar-refractivity contribution in [2.45, 2.75) is 38.7 Å². The van der Waals surface area contributed by atoms with Crippen molar-refractivity contribution < 1.29 is 19.1 Å². The van der Waals surface area contributed by atoms with Gasteiger partial charge < -0.3 is 25.0 Å². The zero-order chi connectivity index (χ0) is 17.8. The Kier molecular flexibility index (Phi) is 5.67. The number of aromatic nitrogens is 2. The van der Waals surface area contributed by atoms with Crippen molar-refractivity contribution in [1.82, 2.24) is 20.0 Å². The van der Waals surface area contributed by atoms with E-state index >= 15 is 0 Å². The van der Waals surface area contributed by atoms with Gasteiger partial charge in [0.05, 0.1) is 30.7 Å². The Hall–Kier alpha value is -1.97. The van der Waals surface area contributed by atoms with Crippen LogP contribution in [-0.2, 0) is 25.6 Å². The second kappa shape index (κ2) is 7.94. The van der Waals surface area contributed by atoms with E-state index in [1.165, 1.54) is 10.9 Å². The fourth-order valence-corrected chi connectivity index (χ4v) is 3.09. The van der Waals surface area contributed by atoms with Gasteiger partial charge in [0.25, 0.3) is 5.91 Å². The Bertz CT molecular complexity index is 603. The Morgan fingerprint density at radius 3 is 2.80 bits per heavy atom. The molecule has 0 saturated carbocycles. The molecule has 1 aromatic rings. The molecule has 1 aromatic heterocycles. The molecule has 0 bridgehead atoms. The molecule has 3 heterocycles. The maximum absolute atomic E-state index is 12.4. The van der Waals surface area contributed by atoms with E-state index in [2.05, 4.69) is 15.7 Å². The van der Waals surface area contributed by atoms with E-state index in [4.69, 9.17) is 9.47 Å². The third-order valence-electron chi connectivity index (χ3n) is 4.19. The fraction of sp³-hybridized carbons (Fsp3) is 0.688. The molecule has 3 rings (SSSR count). The predicted octanol–water partition coefficient (Wildman–Crippen LogP) is -0.554. The number of ether oxygens (including phenoxy) is 2. The Balaban J connectivity index is 1.52. The number of rotatable bonds is 4. The number of carbonyl (C=O) groups is 2. The molecule has 2 aliphatic rings. The molecule has 9 heteroatoms. The highest BCUT2D eigenvalue weighted by atomic mass is 16.5. The van der Waals surface area contributed by atoms with E-state index in [0.29, 0.717) is 31.9 Å². The normalized spacial score (nSPS) is 27.1. The van der Waals surface area contributed by atoms with Crippen LogP contribution in [0.3, 0.4) is 0 Å². The minimum atomic E-state index is -0.505. The molecule has 0 spiro atoms. The third-order valence-corrected chi connectivity index (χ3v) is 4.19. The summed E-state index contributed by atoms with van der Waals surface area (Å²) in [5.41, 5.74) is 0.552. The topological polar surface area (TPSA) is 97.7 Å². The molecular formula is C16H25N5O4. The highest BCUT2D eigenvalue weighted by Crippen LogP contribution is 2.12. The van der Waals surface area contributed by atoms with E-state index in [9.17, 15) is 9.59 Å². The zero-order valence-electron chi connectivity index (χ0n) is 14.6. The van der Waals surface area contributed by atoms with Crippen LogP contribution in [-0.4, -0.2) is 77.6 Å². The summed E-state index contributed by atoms with van der Waals surface area (Å²) in [7, 11) is 0. The molecule has 3 atom stereocenters. The van der Waals surface area contributed by atoms with Crippen LogP contribution in [0, 0.1) is 0 Å². The van der Waals surface area contributed by atoms with Gasteiger partial charge in [-0.25, -0.2) is 0 Å². The molecule has 2 N–H and O–H groups in total. The molecule has 3 unspecified atom stereocenters. The Labute approximate surface area is 146 Å². The predicted molar refractivity (Wildman–Crippen MR) is 90.1 cm³/mol. The molecule has 0 aliphatic carbocycles. The van der Waals surface area contributed by atoms with Crippen molar-refractivity contribution in [3.05, 3.63) is 12.4 Å². The number of anilines is 1. The largest absolute Gasteiger partial charge is 0.372 e. The monoisotopic (exact) mass is 351 g/mol. The van der Waals surface area contributed by atoms with Crippen LogP contribution in [0.5, 0.6) is 0 Å². The van der Waals surface area contributed by atoms with Crippen molar-refractivity contribution in [3.63, 3.8) is 0 Å². The number of nitrogens with one attached hydrogen (secondary N) is 2. The van der Waals surface area contributed by atoms with E-state index in [-0.39, 0.29) is 30.6 Å². The molecule has 25 heavy (non-hydrogen) atoms. The quantitative estimate of drug-likeness (QED) is 0.755. The SMILES string of the molecule is CC1CN(C(=O)Cn2cc(NC(=O)C3CNCCO3)cn2)CC(C)O1. The standard InChI is InChI=1S/C16H25N5O4/c1-11-7-20(8-12(2)25-11)15(22)10-21-9-13(5-18-21)19-16(23)14-6-17-3-4-24-14/h5,9,11-12,14,17H,3-4,6-8,10H2,1-2H3,(H,19,23). The van der Waals surface area contributed by atoms with Gasteiger partial charge >= 0.3 is 0 Å². The summed E-state index contributed by atoms with van der Waals surface area (Å²) >= 11 is 0. The number of nitrogens with zero attached hydrogens (tertiary/aromatic N) is 3. The van der Waals surface area contributed by atoms with Gasteiger partial charge in [-0.2, -0.15) is 5.10 Å². The summed E-state index contributed by atoms with van der Waals surface area (Å²) in [6, 6.07) is 0. The molecule has 0 radical (unpaired) electrons. The smallest absolute Gasteiger partial charge is 0.254 e. The van der Waals surface area contributed by atoms with Gasteiger partial charge in [-0.1, -0.05) is 0 Å². The minimum absolute atomic E-state index is 0.0113. The van der Waals surface area contributed by atoms with E-state index in [0.717, 1.165) is 6.54 Å². The average Bonchev–Trinajstić information content (AvgIpc) is 3.01. The Morgan fingerprint density at radius 1 is 1.36 bits per heavy atom. The third kappa shape index (κ3) is 4.77. The molecule has 0 aromatic carbocycles. The highest BCUT2D eigenvalue weighted by molar-refractivity contribution is 5.94. The van der Waals surface area contributed by atoms with Crippen molar-refractivity contribution in [2.24, 2.45) is 0 Å².